The lowest BCUT2D eigenvalue weighted by Crippen LogP contribution is -2.28. The zero-order chi connectivity index (χ0) is 9.97. The third kappa shape index (κ3) is 1.93. The Labute approximate surface area is 81.5 Å². The second-order valence-corrected chi connectivity index (χ2v) is 3.42. The number of anilines is 1. The molecule has 1 aromatic heterocycles. The van der Waals surface area contributed by atoms with Crippen molar-refractivity contribution in [2.75, 3.05) is 12.3 Å². The Balaban J connectivity index is 2.12. The van der Waals surface area contributed by atoms with Crippen molar-refractivity contribution in [3.8, 4) is 0 Å². The average molecular weight is 195 g/mol. The number of hydrogen-bond donors (Lipinski definition) is 1. The molecular weight excluding hydrogens is 182 g/mol. The van der Waals surface area contributed by atoms with Gasteiger partial charge in [0, 0.05) is 12.8 Å². The first-order valence-corrected chi connectivity index (χ1v) is 4.70. The summed E-state index contributed by atoms with van der Waals surface area (Å²) >= 11 is 0. The van der Waals surface area contributed by atoms with Crippen LogP contribution in [0.5, 0.6) is 0 Å². The van der Waals surface area contributed by atoms with Crippen LogP contribution in [-0.4, -0.2) is 22.3 Å². The largest absolute Gasteiger partial charge is 0.383 e. The van der Waals surface area contributed by atoms with E-state index in [4.69, 9.17) is 10.5 Å². The molecule has 0 aromatic carbocycles. The maximum absolute atomic E-state index is 11.3. The maximum atomic E-state index is 11.3. The Bertz CT molecular complexity index is 369. The van der Waals surface area contributed by atoms with Crippen LogP contribution in [0.2, 0.25) is 0 Å². The molecule has 0 radical (unpaired) electrons. The van der Waals surface area contributed by atoms with Gasteiger partial charge in [-0.05, 0) is 18.9 Å². The van der Waals surface area contributed by atoms with E-state index in [0.717, 1.165) is 19.4 Å². The van der Waals surface area contributed by atoms with Crippen LogP contribution in [0.25, 0.3) is 0 Å². The Hall–Kier alpha value is -1.36. The highest BCUT2D eigenvalue weighted by molar-refractivity contribution is 5.23. The molecule has 1 fully saturated rings. The molecule has 0 amide bonds. The van der Waals surface area contributed by atoms with E-state index in [1.165, 1.54) is 4.57 Å². The van der Waals surface area contributed by atoms with Crippen molar-refractivity contribution >= 4 is 5.82 Å². The third-order valence-electron chi connectivity index (χ3n) is 2.32. The summed E-state index contributed by atoms with van der Waals surface area (Å²) < 4.78 is 6.96. The number of nitrogens with zero attached hydrogens (tertiary/aromatic N) is 2. The van der Waals surface area contributed by atoms with Gasteiger partial charge in [-0.2, -0.15) is 4.98 Å². The lowest BCUT2D eigenvalue weighted by Gasteiger charge is -2.10. The highest BCUT2D eigenvalue weighted by Crippen LogP contribution is 2.12. The Morgan fingerprint density at radius 3 is 3.21 bits per heavy atom. The van der Waals surface area contributed by atoms with Crippen molar-refractivity contribution in [2.45, 2.75) is 25.5 Å². The summed E-state index contributed by atoms with van der Waals surface area (Å²) in [6.07, 6.45) is 3.89. The van der Waals surface area contributed by atoms with Gasteiger partial charge in [-0.3, -0.25) is 4.57 Å². The second-order valence-electron chi connectivity index (χ2n) is 3.42. The van der Waals surface area contributed by atoms with Crippen LogP contribution in [0.3, 0.4) is 0 Å². The molecule has 0 saturated carbocycles. The van der Waals surface area contributed by atoms with Gasteiger partial charge in [0.2, 0.25) is 0 Å². The Kier molecular flexibility index (Phi) is 2.49. The summed E-state index contributed by atoms with van der Waals surface area (Å²) in [4.78, 5) is 15.0. The molecule has 0 spiro atoms. The first-order chi connectivity index (χ1) is 6.75. The van der Waals surface area contributed by atoms with E-state index >= 15 is 0 Å². The minimum Gasteiger partial charge on any atom is -0.383 e. The van der Waals surface area contributed by atoms with Gasteiger partial charge in [0.1, 0.15) is 5.82 Å². The van der Waals surface area contributed by atoms with Gasteiger partial charge < -0.3 is 10.5 Å². The highest BCUT2D eigenvalue weighted by atomic mass is 16.5. The zero-order valence-corrected chi connectivity index (χ0v) is 7.85. The minimum atomic E-state index is -0.305. The quantitative estimate of drug-likeness (QED) is 0.721. The number of nitrogens with two attached hydrogens (primary N) is 1. The zero-order valence-electron chi connectivity index (χ0n) is 7.85. The van der Waals surface area contributed by atoms with Crippen LogP contribution in [0.1, 0.15) is 12.8 Å². The predicted molar refractivity (Wildman–Crippen MR) is 51.9 cm³/mol. The number of hydrogen-bond acceptors (Lipinski definition) is 4. The van der Waals surface area contributed by atoms with Crippen LogP contribution < -0.4 is 11.4 Å². The summed E-state index contributed by atoms with van der Waals surface area (Å²) in [7, 11) is 0. The molecule has 5 heteroatoms. The van der Waals surface area contributed by atoms with Crippen molar-refractivity contribution in [1.29, 1.82) is 0 Å². The Morgan fingerprint density at radius 2 is 2.57 bits per heavy atom. The fourth-order valence-corrected chi connectivity index (χ4v) is 1.59. The second kappa shape index (κ2) is 3.79. The van der Waals surface area contributed by atoms with E-state index in [-0.39, 0.29) is 17.6 Å². The average Bonchev–Trinajstić information content (AvgIpc) is 2.62. The normalized spacial score (nSPS) is 21.3. The molecule has 1 saturated heterocycles. The van der Waals surface area contributed by atoms with Gasteiger partial charge in [-0.15, -0.1) is 0 Å². The molecule has 5 nitrogen and oxygen atoms in total. The van der Waals surface area contributed by atoms with Gasteiger partial charge in [0.25, 0.3) is 0 Å². The topological polar surface area (TPSA) is 70.1 Å². The molecule has 1 aromatic rings. The molecule has 2 rings (SSSR count). The lowest BCUT2D eigenvalue weighted by atomic mass is 10.2. The van der Waals surface area contributed by atoms with Gasteiger partial charge in [-0.25, -0.2) is 4.79 Å². The first kappa shape index (κ1) is 9.21. The van der Waals surface area contributed by atoms with E-state index in [1.807, 2.05) is 0 Å². The number of aromatic nitrogens is 2. The van der Waals surface area contributed by atoms with Crippen molar-refractivity contribution in [2.24, 2.45) is 0 Å². The predicted octanol–water partition coefficient (Wildman–Crippen LogP) is 0.00450. The molecular formula is C9H13N3O2. The van der Waals surface area contributed by atoms with E-state index in [0.29, 0.717) is 6.54 Å². The molecule has 2 N–H and O–H groups in total. The van der Waals surface area contributed by atoms with Crippen molar-refractivity contribution in [3.05, 3.63) is 22.7 Å². The van der Waals surface area contributed by atoms with Crippen LogP contribution in [0.15, 0.2) is 17.1 Å². The molecule has 2 heterocycles. The number of nitrogen functional groups attached to an aromatic ring is 1. The fraction of sp³-hybridized carbons (Fsp3) is 0.556. The van der Waals surface area contributed by atoms with E-state index < -0.39 is 0 Å². The molecule has 14 heavy (non-hydrogen) atoms. The van der Waals surface area contributed by atoms with E-state index in [1.54, 1.807) is 12.3 Å². The monoisotopic (exact) mass is 195 g/mol. The van der Waals surface area contributed by atoms with Crippen LogP contribution in [0, 0.1) is 0 Å². The Morgan fingerprint density at radius 1 is 1.71 bits per heavy atom. The van der Waals surface area contributed by atoms with E-state index in [2.05, 4.69) is 4.98 Å². The van der Waals surface area contributed by atoms with Crippen molar-refractivity contribution in [1.82, 2.24) is 9.55 Å². The smallest absolute Gasteiger partial charge is 0.349 e. The fourth-order valence-electron chi connectivity index (χ4n) is 1.59. The van der Waals surface area contributed by atoms with Crippen molar-refractivity contribution in [3.63, 3.8) is 0 Å². The molecule has 1 aliphatic rings. The van der Waals surface area contributed by atoms with Gasteiger partial charge in [0.05, 0.1) is 12.6 Å². The molecule has 0 aliphatic carbocycles. The summed E-state index contributed by atoms with van der Waals surface area (Å²) in [5, 5.41) is 0. The SMILES string of the molecule is Nc1ccn(CC2CCCO2)c(=O)n1. The summed E-state index contributed by atoms with van der Waals surface area (Å²) in [5.41, 5.74) is 5.07. The standard InChI is InChI=1S/C9H13N3O2/c10-8-3-4-12(9(13)11-8)6-7-2-1-5-14-7/h3-4,7H,1-2,5-6H2,(H2,10,11,13). The summed E-state index contributed by atoms with van der Waals surface area (Å²) in [5.74, 6) is 0.263. The van der Waals surface area contributed by atoms with Gasteiger partial charge in [-0.1, -0.05) is 0 Å². The van der Waals surface area contributed by atoms with Crippen LogP contribution in [-0.2, 0) is 11.3 Å². The van der Waals surface area contributed by atoms with Crippen molar-refractivity contribution < 1.29 is 4.74 Å². The molecule has 76 valence electrons. The molecule has 0 bridgehead atoms. The number of rotatable bonds is 2. The minimum absolute atomic E-state index is 0.151. The molecule has 1 atom stereocenters. The highest BCUT2D eigenvalue weighted by Gasteiger charge is 2.16. The molecule has 1 unspecified atom stereocenters. The first-order valence-electron chi connectivity index (χ1n) is 4.70. The third-order valence-corrected chi connectivity index (χ3v) is 2.32. The number of ether oxygens (including phenoxy) is 1. The van der Waals surface area contributed by atoms with Gasteiger partial charge in [0.15, 0.2) is 0 Å². The lowest BCUT2D eigenvalue weighted by molar-refractivity contribution is 0.0958. The van der Waals surface area contributed by atoms with Crippen LogP contribution in [0.4, 0.5) is 5.82 Å². The molecule has 1 aliphatic heterocycles. The summed E-state index contributed by atoms with van der Waals surface area (Å²) in [6.45, 7) is 1.37. The van der Waals surface area contributed by atoms with Gasteiger partial charge >= 0.3 is 5.69 Å². The van der Waals surface area contributed by atoms with Crippen LogP contribution >= 0.6 is 0 Å². The summed E-state index contributed by atoms with van der Waals surface area (Å²) in [6, 6.07) is 1.62. The maximum Gasteiger partial charge on any atom is 0.349 e. The van der Waals surface area contributed by atoms with E-state index in [9.17, 15) is 4.79 Å².